The van der Waals surface area contributed by atoms with Gasteiger partial charge in [0.1, 0.15) is 0 Å². The van der Waals surface area contributed by atoms with Crippen molar-refractivity contribution >= 4 is 17.3 Å². The van der Waals surface area contributed by atoms with Gasteiger partial charge in [0, 0.05) is 17.9 Å². The van der Waals surface area contributed by atoms with Gasteiger partial charge in [-0.2, -0.15) is 0 Å². The van der Waals surface area contributed by atoms with Crippen molar-refractivity contribution in [3.63, 3.8) is 0 Å². The first-order chi connectivity index (χ1) is 15.5. The van der Waals surface area contributed by atoms with Gasteiger partial charge in [-0.05, 0) is 91.0 Å². The number of anilines is 2. The lowest BCUT2D eigenvalue weighted by Crippen LogP contribution is -2.23. The molecule has 0 radical (unpaired) electrons. The maximum atomic E-state index is 11.4. The molecule has 32 heavy (non-hydrogen) atoms. The highest BCUT2D eigenvalue weighted by Crippen LogP contribution is 2.41. The zero-order chi connectivity index (χ0) is 22.5. The molecule has 3 nitrogen and oxygen atoms in total. The highest BCUT2D eigenvalue weighted by molar-refractivity contribution is 5.88. The van der Waals surface area contributed by atoms with E-state index in [1.807, 2.05) is 12.1 Å². The zero-order valence-electron chi connectivity index (χ0n) is 19.9. The van der Waals surface area contributed by atoms with Gasteiger partial charge >= 0.3 is 5.97 Å². The molecule has 2 aliphatic carbocycles. The van der Waals surface area contributed by atoms with Gasteiger partial charge in [0.2, 0.25) is 0 Å². The Labute approximate surface area is 193 Å². The van der Waals surface area contributed by atoms with Crippen molar-refractivity contribution < 1.29 is 9.90 Å². The Morgan fingerprint density at radius 1 is 0.812 bits per heavy atom. The lowest BCUT2D eigenvalue weighted by molar-refractivity contribution is 0.0697. The molecule has 2 aromatic rings. The Bertz CT molecular complexity index is 854. The van der Waals surface area contributed by atoms with Crippen LogP contribution in [0.4, 0.5) is 11.4 Å². The van der Waals surface area contributed by atoms with Crippen molar-refractivity contribution in [2.45, 2.75) is 89.9 Å². The van der Waals surface area contributed by atoms with Gasteiger partial charge in [0.25, 0.3) is 0 Å². The number of rotatable bonds is 7. The second-order valence-electron chi connectivity index (χ2n) is 10.4. The molecule has 0 amide bonds. The van der Waals surface area contributed by atoms with Gasteiger partial charge in [-0.25, -0.2) is 4.79 Å². The summed E-state index contributed by atoms with van der Waals surface area (Å²) in [5, 5.41) is 9.32. The summed E-state index contributed by atoms with van der Waals surface area (Å²) in [5.74, 6) is 0.999. The van der Waals surface area contributed by atoms with E-state index < -0.39 is 5.97 Å². The summed E-state index contributed by atoms with van der Waals surface area (Å²) in [6.07, 6.45) is 13.4. The first kappa shape index (κ1) is 22.9. The predicted molar refractivity (Wildman–Crippen MR) is 133 cm³/mol. The SMILES string of the molecule is CC(C)CN(c1ccc(C(=O)O)cc1)c1cc(C2CCCCC2)cc(C2CCCCC2)c1. The number of carbonyl (C=O) groups is 1. The van der Waals surface area contributed by atoms with Gasteiger partial charge in [-0.3, -0.25) is 0 Å². The average molecular weight is 434 g/mol. The molecule has 0 aliphatic heterocycles. The molecule has 2 aliphatic rings. The van der Waals surface area contributed by atoms with Crippen molar-refractivity contribution in [3.8, 4) is 0 Å². The van der Waals surface area contributed by atoms with Crippen LogP contribution < -0.4 is 4.90 Å². The summed E-state index contributed by atoms with van der Waals surface area (Å²) in [4.78, 5) is 13.8. The number of aromatic carboxylic acids is 1. The number of carboxylic acids is 1. The van der Waals surface area contributed by atoms with Gasteiger partial charge < -0.3 is 10.0 Å². The van der Waals surface area contributed by atoms with E-state index in [0.29, 0.717) is 23.3 Å². The van der Waals surface area contributed by atoms with Crippen LogP contribution in [0.25, 0.3) is 0 Å². The first-order valence-electron chi connectivity index (χ1n) is 12.8. The molecule has 2 saturated carbocycles. The summed E-state index contributed by atoms with van der Waals surface area (Å²) >= 11 is 0. The third-order valence-electron chi connectivity index (χ3n) is 7.40. The fourth-order valence-electron chi connectivity index (χ4n) is 5.67. The quantitative estimate of drug-likeness (QED) is 0.477. The molecular weight excluding hydrogens is 394 g/mol. The molecule has 0 atom stereocenters. The smallest absolute Gasteiger partial charge is 0.335 e. The highest BCUT2D eigenvalue weighted by Gasteiger charge is 2.23. The standard InChI is InChI=1S/C29H39NO2/c1-21(2)20-30(27-15-13-24(14-16-27)29(31)32)28-18-25(22-9-5-3-6-10-22)17-26(19-28)23-11-7-4-8-12-23/h13-19,21-23H,3-12,20H2,1-2H3,(H,31,32). The molecule has 172 valence electrons. The fraction of sp³-hybridized carbons (Fsp3) is 0.552. The van der Waals surface area contributed by atoms with Crippen LogP contribution in [0.1, 0.15) is 111 Å². The lowest BCUT2D eigenvalue weighted by atomic mass is 9.79. The topological polar surface area (TPSA) is 40.5 Å². The minimum atomic E-state index is -0.870. The molecule has 2 fully saturated rings. The number of hydrogen-bond acceptors (Lipinski definition) is 2. The average Bonchev–Trinajstić information content (AvgIpc) is 2.83. The van der Waals surface area contributed by atoms with E-state index in [2.05, 4.69) is 36.9 Å². The molecule has 0 heterocycles. The first-order valence-corrected chi connectivity index (χ1v) is 12.8. The Hall–Kier alpha value is -2.29. The highest BCUT2D eigenvalue weighted by atomic mass is 16.4. The summed E-state index contributed by atoms with van der Waals surface area (Å²) in [7, 11) is 0. The molecule has 3 heteroatoms. The maximum Gasteiger partial charge on any atom is 0.335 e. The normalized spacial score (nSPS) is 18.1. The van der Waals surface area contributed by atoms with E-state index in [1.165, 1.54) is 81.0 Å². The van der Waals surface area contributed by atoms with Gasteiger partial charge in [-0.1, -0.05) is 58.4 Å². The van der Waals surface area contributed by atoms with E-state index in [0.717, 1.165) is 12.2 Å². The summed E-state index contributed by atoms with van der Waals surface area (Å²) in [6.45, 7) is 5.43. The second-order valence-corrected chi connectivity index (χ2v) is 10.4. The Kier molecular flexibility index (Phi) is 7.55. The van der Waals surface area contributed by atoms with E-state index in [9.17, 15) is 9.90 Å². The second kappa shape index (κ2) is 10.6. The van der Waals surface area contributed by atoms with Crippen molar-refractivity contribution in [1.82, 2.24) is 0 Å². The molecule has 4 rings (SSSR count). The van der Waals surface area contributed by atoms with Crippen LogP contribution in [0.5, 0.6) is 0 Å². The van der Waals surface area contributed by atoms with E-state index in [-0.39, 0.29) is 0 Å². The van der Waals surface area contributed by atoms with E-state index in [4.69, 9.17) is 0 Å². The molecule has 0 aromatic heterocycles. The number of hydrogen-bond donors (Lipinski definition) is 1. The summed E-state index contributed by atoms with van der Waals surface area (Å²) in [6, 6.07) is 14.8. The zero-order valence-corrected chi connectivity index (χ0v) is 19.9. The van der Waals surface area contributed by atoms with Gasteiger partial charge in [0.05, 0.1) is 5.56 Å². The molecule has 0 saturated heterocycles. The molecule has 1 N–H and O–H groups in total. The molecule has 2 aromatic carbocycles. The minimum absolute atomic E-state index is 0.345. The van der Waals surface area contributed by atoms with Gasteiger partial charge in [-0.15, -0.1) is 0 Å². The monoisotopic (exact) mass is 433 g/mol. The number of carboxylic acid groups (broad SMARTS) is 1. The lowest BCUT2D eigenvalue weighted by Gasteiger charge is -2.31. The Morgan fingerprint density at radius 2 is 1.31 bits per heavy atom. The predicted octanol–water partition coefficient (Wildman–Crippen LogP) is 8.27. The minimum Gasteiger partial charge on any atom is -0.478 e. The van der Waals surface area contributed by atoms with Crippen LogP contribution in [0.3, 0.4) is 0 Å². The van der Waals surface area contributed by atoms with E-state index >= 15 is 0 Å². The van der Waals surface area contributed by atoms with Crippen molar-refractivity contribution in [1.29, 1.82) is 0 Å². The molecule has 0 unspecified atom stereocenters. The summed E-state index contributed by atoms with van der Waals surface area (Å²) < 4.78 is 0. The summed E-state index contributed by atoms with van der Waals surface area (Å²) in [5.41, 5.74) is 5.76. The van der Waals surface area contributed by atoms with Crippen molar-refractivity contribution in [3.05, 3.63) is 59.2 Å². The van der Waals surface area contributed by atoms with Crippen LogP contribution in [0.2, 0.25) is 0 Å². The van der Waals surface area contributed by atoms with Crippen molar-refractivity contribution in [2.24, 2.45) is 5.92 Å². The van der Waals surface area contributed by atoms with Crippen LogP contribution in [-0.2, 0) is 0 Å². The molecule has 0 spiro atoms. The maximum absolute atomic E-state index is 11.4. The Morgan fingerprint density at radius 3 is 1.75 bits per heavy atom. The molecule has 0 bridgehead atoms. The van der Waals surface area contributed by atoms with Crippen LogP contribution in [-0.4, -0.2) is 17.6 Å². The van der Waals surface area contributed by atoms with Crippen molar-refractivity contribution in [2.75, 3.05) is 11.4 Å². The van der Waals surface area contributed by atoms with Crippen LogP contribution >= 0.6 is 0 Å². The fourth-order valence-corrected chi connectivity index (χ4v) is 5.67. The van der Waals surface area contributed by atoms with Crippen LogP contribution in [0, 0.1) is 5.92 Å². The largest absolute Gasteiger partial charge is 0.478 e. The number of nitrogens with zero attached hydrogens (tertiary/aromatic N) is 1. The third-order valence-corrected chi connectivity index (χ3v) is 7.40. The van der Waals surface area contributed by atoms with Gasteiger partial charge in [0.15, 0.2) is 0 Å². The van der Waals surface area contributed by atoms with Crippen LogP contribution in [0.15, 0.2) is 42.5 Å². The third kappa shape index (κ3) is 5.54. The molecular formula is C29H39NO2. The van der Waals surface area contributed by atoms with E-state index in [1.54, 1.807) is 12.1 Å². The Balaban J connectivity index is 1.74. The number of benzene rings is 2.